The van der Waals surface area contributed by atoms with Crippen LogP contribution in [0.2, 0.25) is 0 Å². The van der Waals surface area contributed by atoms with E-state index in [4.69, 9.17) is 10.5 Å². The first-order valence-electron chi connectivity index (χ1n) is 8.66. The molecule has 0 aromatic carbocycles. The molecule has 1 aliphatic heterocycles. The summed E-state index contributed by atoms with van der Waals surface area (Å²) in [6, 6.07) is 0.463. The van der Waals surface area contributed by atoms with Crippen LogP contribution in [0.1, 0.15) is 59.3 Å². The third-order valence-electron chi connectivity index (χ3n) is 5.47. The average molecular weight is 296 g/mol. The summed E-state index contributed by atoms with van der Waals surface area (Å²) in [7, 11) is 0. The zero-order chi connectivity index (χ0) is 15.5. The summed E-state index contributed by atoms with van der Waals surface area (Å²) >= 11 is 0. The standard InChI is InChI=1S/C17H32N2O2/c1-4-21-16(20)17(18)9-7-15(12-17)19-10-5-6-14(8-11-19)13(2)3/h13-15H,4-12,18H2,1-3H3. The van der Waals surface area contributed by atoms with Gasteiger partial charge in [0.2, 0.25) is 0 Å². The summed E-state index contributed by atoms with van der Waals surface area (Å²) in [5.74, 6) is 1.42. The summed E-state index contributed by atoms with van der Waals surface area (Å²) in [4.78, 5) is 14.6. The van der Waals surface area contributed by atoms with Crippen molar-refractivity contribution < 1.29 is 9.53 Å². The molecule has 3 unspecified atom stereocenters. The molecule has 122 valence electrons. The van der Waals surface area contributed by atoms with Gasteiger partial charge < -0.3 is 15.4 Å². The molecule has 0 spiro atoms. The second-order valence-corrected chi connectivity index (χ2v) is 7.24. The van der Waals surface area contributed by atoms with E-state index in [-0.39, 0.29) is 5.97 Å². The summed E-state index contributed by atoms with van der Waals surface area (Å²) in [5.41, 5.74) is 5.55. The normalized spacial score (nSPS) is 34.9. The molecular formula is C17H32N2O2. The molecule has 4 heteroatoms. The van der Waals surface area contributed by atoms with Gasteiger partial charge in [0.1, 0.15) is 5.54 Å². The lowest BCUT2D eigenvalue weighted by Crippen LogP contribution is -2.48. The van der Waals surface area contributed by atoms with E-state index in [1.54, 1.807) is 0 Å². The lowest BCUT2D eigenvalue weighted by atomic mass is 9.89. The van der Waals surface area contributed by atoms with Crippen molar-refractivity contribution >= 4 is 5.97 Å². The molecule has 2 fully saturated rings. The maximum Gasteiger partial charge on any atom is 0.326 e. The van der Waals surface area contributed by atoms with Crippen molar-refractivity contribution in [1.29, 1.82) is 0 Å². The molecule has 1 saturated heterocycles. The first-order chi connectivity index (χ1) is 9.96. The van der Waals surface area contributed by atoms with Crippen LogP contribution in [0.5, 0.6) is 0 Å². The zero-order valence-corrected chi connectivity index (χ0v) is 13.9. The van der Waals surface area contributed by atoms with Crippen LogP contribution in [0.15, 0.2) is 0 Å². The van der Waals surface area contributed by atoms with Crippen LogP contribution in [0.4, 0.5) is 0 Å². The predicted molar refractivity (Wildman–Crippen MR) is 84.9 cm³/mol. The van der Waals surface area contributed by atoms with Gasteiger partial charge in [-0.05, 0) is 70.4 Å². The molecule has 2 N–H and O–H groups in total. The number of carbonyl (C=O) groups excluding carboxylic acids is 1. The molecule has 0 radical (unpaired) electrons. The molecule has 0 amide bonds. The minimum atomic E-state index is -0.746. The summed E-state index contributed by atoms with van der Waals surface area (Å²) in [6.07, 6.45) is 6.45. The monoisotopic (exact) mass is 296 g/mol. The molecule has 1 heterocycles. The van der Waals surface area contributed by atoms with E-state index in [0.717, 1.165) is 44.2 Å². The molecule has 3 atom stereocenters. The van der Waals surface area contributed by atoms with Crippen LogP contribution in [0, 0.1) is 11.8 Å². The van der Waals surface area contributed by atoms with Gasteiger partial charge in [0, 0.05) is 6.04 Å². The number of nitrogens with zero attached hydrogens (tertiary/aromatic N) is 1. The Bertz CT molecular complexity index is 359. The SMILES string of the molecule is CCOC(=O)C1(N)CCC(N2CCCC(C(C)C)CC2)C1. The Kier molecular flexibility index (Phi) is 5.67. The van der Waals surface area contributed by atoms with Crippen molar-refractivity contribution in [1.82, 2.24) is 4.90 Å². The van der Waals surface area contributed by atoms with Crippen molar-refractivity contribution in [2.45, 2.75) is 70.9 Å². The number of carbonyl (C=O) groups is 1. The highest BCUT2D eigenvalue weighted by Crippen LogP contribution is 2.34. The molecule has 2 aliphatic rings. The van der Waals surface area contributed by atoms with E-state index in [9.17, 15) is 4.79 Å². The fourth-order valence-corrected chi connectivity index (χ4v) is 4.00. The molecule has 0 bridgehead atoms. The highest BCUT2D eigenvalue weighted by molar-refractivity contribution is 5.81. The van der Waals surface area contributed by atoms with Gasteiger partial charge in [-0.2, -0.15) is 0 Å². The van der Waals surface area contributed by atoms with E-state index in [2.05, 4.69) is 18.7 Å². The number of nitrogens with two attached hydrogens (primary N) is 1. The number of likely N-dealkylation sites (tertiary alicyclic amines) is 1. The minimum absolute atomic E-state index is 0.206. The second kappa shape index (κ2) is 7.10. The number of rotatable bonds is 4. The topological polar surface area (TPSA) is 55.6 Å². The lowest BCUT2D eigenvalue weighted by Gasteiger charge is -2.29. The molecule has 4 nitrogen and oxygen atoms in total. The van der Waals surface area contributed by atoms with Gasteiger partial charge in [-0.1, -0.05) is 13.8 Å². The van der Waals surface area contributed by atoms with Crippen molar-refractivity contribution in [3.63, 3.8) is 0 Å². The molecular weight excluding hydrogens is 264 g/mol. The van der Waals surface area contributed by atoms with Crippen LogP contribution < -0.4 is 5.73 Å². The third-order valence-corrected chi connectivity index (χ3v) is 5.47. The number of hydrogen-bond acceptors (Lipinski definition) is 4. The highest BCUT2D eigenvalue weighted by Gasteiger charge is 2.45. The van der Waals surface area contributed by atoms with Crippen LogP contribution in [0.3, 0.4) is 0 Å². The number of esters is 1. The highest BCUT2D eigenvalue weighted by atomic mass is 16.5. The number of ether oxygens (including phenoxy) is 1. The predicted octanol–water partition coefficient (Wildman–Crippen LogP) is 2.56. The van der Waals surface area contributed by atoms with Gasteiger partial charge in [-0.3, -0.25) is 4.79 Å². The largest absolute Gasteiger partial charge is 0.465 e. The number of hydrogen-bond donors (Lipinski definition) is 1. The van der Waals surface area contributed by atoms with Crippen LogP contribution in [-0.2, 0) is 9.53 Å². The Morgan fingerprint density at radius 2 is 2.10 bits per heavy atom. The first-order valence-corrected chi connectivity index (χ1v) is 8.66. The van der Waals surface area contributed by atoms with Gasteiger partial charge in [-0.15, -0.1) is 0 Å². The average Bonchev–Trinajstić information content (AvgIpc) is 2.69. The van der Waals surface area contributed by atoms with Crippen molar-refractivity contribution in [3.8, 4) is 0 Å². The van der Waals surface area contributed by atoms with Crippen molar-refractivity contribution in [3.05, 3.63) is 0 Å². The first kappa shape index (κ1) is 16.8. The maximum absolute atomic E-state index is 12.0. The Hall–Kier alpha value is -0.610. The van der Waals surface area contributed by atoms with Gasteiger partial charge in [0.15, 0.2) is 0 Å². The summed E-state index contributed by atoms with van der Waals surface area (Å²) in [5, 5.41) is 0. The van der Waals surface area contributed by atoms with Crippen molar-refractivity contribution in [2.75, 3.05) is 19.7 Å². The van der Waals surface area contributed by atoms with Gasteiger partial charge >= 0.3 is 5.97 Å². The minimum Gasteiger partial charge on any atom is -0.465 e. The molecule has 1 aliphatic carbocycles. The molecule has 0 aromatic rings. The maximum atomic E-state index is 12.0. The zero-order valence-electron chi connectivity index (χ0n) is 13.9. The van der Waals surface area contributed by atoms with E-state index in [1.165, 1.54) is 19.3 Å². The van der Waals surface area contributed by atoms with E-state index < -0.39 is 5.54 Å². The van der Waals surface area contributed by atoms with Crippen LogP contribution >= 0.6 is 0 Å². The Balaban J connectivity index is 1.90. The second-order valence-electron chi connectivity index (χ2n) is 7.24. The van der Waals surface area contributed by atoms with E-state index >= 15 is 0 Å². The van der Waals surface area contributed by atoms with Gasteiger partial charge in [0.05, 0.1) is 6.61 Å². The summed E-state index contributed by atoms with van der Waals surface area (Å²) in [6.45, 7) is 9.25. The molecule has 0 aromatic heterocycles. The smallest absolute Gasteiger partial charge is 0.326 e. The Labute approximate surface area is 129 Å². The Morgan fingerprint density at radius 1 is 1.33 bits per heavy atom. The fourth-order valence-electron chi connectivity index (χ4n) is 4.00. The molecule has 21 heavy (non-hydrogen) atoms. The fraction of sp³-hybridized carbons (Fsp3) is 0.941. The van der Waals surface area contributed by atoms with Crippen LogP contribution in [0.25, 0.3) is 0 Å². The Morgan fingerprint density at radius 3 is 2.76 bits per heavy atom. The van der Waals surface area contributed by atoms with Gasteiger partial charge in [0.25, 0.3) is 0 Å². The molecule has 2 rings (SSSR count). The van der Waals surface area contributed by atoms with E-state index in [0.29, 0.717) is 12.6 Å². The van der Waals surface area contributed by atoms with Crippen molar-refractivity contribution in [2.24, 2.45) is 17.6 Å². The van der Waals surface area contributed by atoms with E-state index in [1.807, 2.05) is 6.92 Å². The molecule has 1 saturated carbocycles. The quantitative estimate of drug-likeness (QED) is 0.810. The summed E-state index contributed by atoms with van der Waals surface area (Å²) < 4.78 is 5.16. The third kappa shape index (κ3) is 3.98. The van der Waals surface area contributed by atoms with Gasteiger partial charge in [-0.25, -0.2) is 0 Å². The van der Waals surface area contributed by atoms with Crippen LogP contribution in [-0.4, -0.2) is 42.1 Å². The lowest BCUT2D eigenvalue weighted by molar-refractivity contribution is -0.149.